The van der Waals surface area contributed by atoms with Gasteiger partial charge in [0.15, 0.2) is 0 Å². The minimum atomic E-state index is 0.233. The van der Waals surface area contributed by atoms with E-state index in [1.54, 1.807) is 0 Å². The SMILES string of the molecule is Cc1ccccc1OCC(CC#N)N1CCCC1. The van der Waals surface area contributed by atoms with Gasteiger partial charge in [0.05, 0.1) is 18.5 Å². The Morgan fingerprint density at radius 2 is 2.06 bits per heavy atom. The number of nitrogens with zero attached hydrogens (tertiary/aromatic N) is 2. The molecule has 1 unspecified atom stereocenters. The molecule has 1 fully saturated rings. The third-order valence-electron chi connectivity index (χ3n) is 3.51. The molecule has 1 saturated heterocycles. The highest BCUT2D eigenvalue weighted by molar-refractivity contribution is 5.31. The lowest BCUT2D eigenvalue weighted by molar-refractivity contribution is 0.162. The zero-order valence-electron chi connectivity index (χ0n) is 10.9. The molecule has 1 aromatic carbocycles. The van der Waals surface area contributed by atoms with Crippen LogP contribution < -0.4 is 4.74 Å². The van der Waals surface area contributed by atoms with Crippen molar-refractivity contribution in [2.45, 2.75) is 32.2 Å². The van der Waals surface area contributed by atoms with Crippen LogP contribution in [0.4, 0.5) is 0 Å². The summed E-state index contributed by atoms with van der Waals surface area (Å²) >= 11 is 0. The van der Waals surface area contributed by atoms with Gasteiger partial charge in [-0.1, -0.05) is 18.2 Å². The van der Waals surface area contributed by atoms with Crippen LogP contribution in [0, 0.1) is 18.3 Å². The van der Waals surface area contributed by atoms with Crippen LogP contribution in [0.15, 0.2) is 24.3 Å². The number of likely N-dealkylation sites (tertiary alicyclic amines) is 1. The predicted octanol–water partition coefficient (Wildman–Crippen LogP) is 2.75. The number of hydrogen-bond donors (Lipinski definition) is 0. The molecule has 0 aromatic heterocycles. The lowest BCUT2D eigenvalue weighted by Crippen LogP contribution is -2.37. The molecule has 1 aliphatic rings. The van der Waals surface area contributed by atoms with Crippen molar-refractivity contribution >= 4 is 0 Å². The number of ether oxygens (including phenoxy) is 1. The Balaban J connectivity index is 1.93. The van der Waals surface area contributed by atoms with Gasteiger partial charge in [-0.15, -0.1) is 0 Å². The van der Waals surface area contributed by atoms with Gasteiger partial charge in [-0.2, -0.15) is 5.26 Å². The second-order valence-corrected chi connectivity index (χ2v) is 4.84. The largest absolute Gasteiger partial charge is 0.492 e. The number of nitriles is 1. The molecular weight excluding hydrogens is 224 g/mol. The van der Waals surface area contributed by atoms with E-state index in [0.717, 1.165) is 24.4 Å². The molecule has 0 saturated carbocycles. The van der Waals surface area contributed by atoms with Gasteiger partial charge >= 0.3 is 0 Å². The van der Waals surface area contributed by atoms with Crippen molar-refractivity contribution in [3.05, 3.63) is 29.8 Å². The summed E-state index contributed by atoms with van der Waals surface area (Å²) in [6, 6.07) is 10.5. The lowest BCUT2D eigenvalue weighted by atomic mass is 10.2. The second-order valence-electron chi connectivity index (χ2n) is 4.84. The van der Waals surface area contributed by atoms with Crippen molar-refractivity contribution in [1.82, 2.24) is 4.90 Å². The van der Waals surface area contributed by atoms with Gasteiger partial charge in [0.2, 0.25) is 0 Å². The molecule has 3 nitrogen and oxygen atoms in total. The highest BCUT2D eigenvalue weighted by atomic mass is 16.5. The van der Waals surface area contributed by atoms with E-state index in [1.165, 1.54) is 12.8 Å². The van der Waals surface area contributed by atoms with Crippen LogP contribution in [0.3, 0.4) is 0 Å². The summed E-state index contributed by atoms with van der Waals surface area (Å²) in [6.07, 6.45) is 3.03. The fourth-order valence-corrected chi connectivity index (χ4v) is 2.41. The standard InChI is InChI=1S/C15H20N2O/c1-13-6-2-3-7-15(13)18-12-14(8-9-16)17-10-4-5-11-17/h2-3,6-7,14H,4-5,8,10-12H2,1H3. The summed E-state index contributed by atoms with van der Waals surface area (Å²) in [6.45, 7) is 4.86. The van der Waals surface area contributed by atoms with E-state index in [9.17, 15) is 0 Å². The maximum absolute atomic E-state index is 8.92. The molecule has 18 heavy (non-hydrogen) atoms. The molecule has 3 heteroatoms. The van der Waals surface area contributed by atoms with Gasteiger partial charge < -0.3 is 4.74 Å². The fourth-order valence-electron chi connectivity index (χ4n) is 2.41. The minimum absolute atomic E-state index is 0.233. The van der Waals surface area contributed by atoms with Gasteiger partial charge in [0.1, 0.15) is 12.4 Å². The van der Waals surface area contributed by atoms with Crippen molar-refractivity contribution in [2.75, 3.05) is 19.7 Å². The van der Waals surface area contributed by atoms with Crippen LogP contribution in [0.2, 0.25) is 0 Å². The van der Waals surface area contributed by atoms with E-state index in [2.05, 4.69) is 11.0 Å². The maximum Gasteiger partial charge on any atom is 0.122 e. The molecule has 1 aromatic rings. The summed E-state index contributed by atoms with van der Waals surface area (Å²) in [7, 11) is 0. The topological polar surface area (TPSA) is 36.3 Å². The summed E-state index contributed by atoms with van der Waals surface area (Å²) in [5, 5.41) is 8.92. The average molecular weight is 244 g/mol. The number of rotatable bonds is 5. The molecule has 0 radical (unpaired) electrons. The third-order valence-corrected chi connectivity index (χ3v) is 3.51. The predicted molar refractivity (Wildman–Crippen MR) is 71.5 cm³/mol. The third kappa shape index (κ3) is 3.24. The van der Waals surface area contributed by atoms with Gasteiger partial charge in [0.25, 0.3) is 0 Å². The molecule has 2 rings (SSSR count). The second kappa shape index (κ2) is 6.42. The van der Waals surface area contributed by atoms with Gasteiger partial charge in [0, 0.05) is 0 Å². The molecule has 0 bridgehead atoms. The molecule has 0 N–H and O–H groups in total. The van der Waals surface area contributed by atoms with E-state index >= 15 is 0 Å². The zero-order chi connectivity index (χ0) is 12.8. The lowest BCUT2D eigenvalue weighted by Gasteiger charge is -2.25. The van der Waals surface area contributed by atoms with Crippen LogP contribution in [-0.4, -0.2) is 30.6 Å². The van der Waals surface area contributed by atoms with E-state index in [4.69, 9.17) is 10.00 Å². The van der Waals surface area contributed by atoms with Crippen LogP contribution >= 0.6 is 0 Å². The van der Waals surface area contributed by atoms with Crippen molar-refractivity contribution in [3.8, 4) is 11.8 Å². The molecule has 96 valence electrons. The first-order chi connectivity index (χ1) is 8.81. The van der Waals surface area contributed by atoms with Crippen LogP contribution in [0.25, 0.3) is 0 Å². The monoisotopic (exact) mass is 244 g/mol. The summed E-state index contributed by atoms with van der Waals surface area (Å²) in [4.78, 5) is 2.38. The highest BCUT2D eigenvalue weighted by Crippen LogP contribution is 2.19. The Labute approximate surface area is 109 Å². The minimum Gasteiger partial charge on any atom is -0.492 e. The average Bonchev–Trinajstić information content (AvgIpc) is 2.90. The molecule has 1 heterocycles. The van der Waals surface area contributed by atoms with Crippen molar-refractivity contribution in [2.24, 2.45) is 0 Å². The Bertz CT molecular complexity index is 419. The Morgan fingerprint density at radius 1 is 1.33 bits per heavy atom. The van der Waals surface area contributed by atoms with Crippen molar-refractivity contribution in [1.29, 1.82) is 5.26 Å². The van der Waals surface area contributed by atoms with Gasteiger partial charge in [-0.05, 0) is 44.5 Å². The van der Waals surface area contributed by atoms with Crippen molar-refractivity contribution in [3.63, 3.8) is 0 Å². The summed E-state index contributed by atoms with van der Waals surface area (Å²) in [5.41, 5.74) is 1.15. The van der Waals surface area contributed by atoms with E-state index in [0.29, 0.717) is 13.0 Å². The van der Waals surface area contributed by atoms with E-state index in [1.807, 2.05) is 31.2 Å². The first-order valence-corrected chi connectivity index (χ1v) is 6.60. The Morgan fingerprint density at radius 3 is 2.72 bits per heavy atom. The van der Waals surface area contributed by atoms with Crippen LogP contribution in [0.5, 0.6) is 5.75 Å². The van der Waals surface area contributed by atoms with Crippen molar-refractivity contribution < 1.29 is 4.74 Å². The Hall–Kier alpha value is -1.53. The first-order valence-electron chi connectivity index (χ1n) is 6.60. The molecule has 0 aliphatic carbocycles. The van der Waals surface area contributed by atoms with E-state index in [-0.39, 0.29) is 6.04 Å². The van der Waals surface area contributed by atoms with Crippen LogP contribution in [0.1, 0.15) is 24.8 Å². The first kappa shape index (κ1) is 12.9. The zero-order valence-corrected chi connectivity index (χ0v) is 10.9. The fraction of sp³-hybridized carbons (Fsp3) is 0.533. The van der Waals surface area contributed by atoms with Crippen LogP contribution in [-0.2, 0) is 0 Å². The van der Waals surface area contributed by atoms with Gasteiger partial charge in [-0.25, -0.2) is 0 Å². The number of hydrogen-bond acceptors (Lipinski definition) is 3. The number of aryl methyl sites for hydroxylation is 1. The summed E-state index contributed by atoms with van der Waals surface area (Å²) < 4.78 is 5.87. The Kier molecular flexibility index (Phi) is 4.60. The summed E-state index contributed by atoms with van der Waals surface area (Å²) in [5.74, 6) is 0.930. The highest BCUT2D eigenvalue weighted by Gasteiger charge is 2.22. The number of para-hydroxylation sites is 1. The molecule has 1 atom stereocenters. The smallest absolute Gasteiger partial charge is 0.122 e. The maximum atomic E-state index is 8.92. The molecular formula is C15H20N2O. The van der Waals surface area contributed by atoms with Gasteiger partial charge in [-0.3, -0.25) is 4.90 Å². The number of benzene rings is 1. The van der Waals surface area contributed by atoms with E-state index < -0.39 is 0 Å². The quantitative estimate of drug-likeness (QED) is 0.799. The molecule has 1 aliphatic heterocycles. The normalized spacial score (nSPS) is 17.3. The molecule has 0 amide bonds. The molecule has 0 spiro atoms.